The fourth-order valence-corrected chi connectivity index (χ4v) is 1.84. The van der Waals surface area contributed by atoms with Crippen LogP contribution in [-0.4, -0.2) is 18.5 Å². The molecule has 0 aromatic carbocycles. The van der Waals surface area contributed by atoms with Gasteiger partial charge in [0.2, 0.25) is 6.41 Å². The third kappa shape index (κ3) is 2.21. The molecule has 1 fully saturated rings. The summed E-state index contributed by atoms with van der Waals surface area (Å²) >= 11 is 0. The van der Waals surface area contributed by atoms with Gasteiger partial charge >= 0.3 is 0 Å². The van der Waals surface area contributed by atoms with Gasteiger partial charge in [0.1, 0.15) is 0 Å². The lowest BCUT2D eigenvalue weighted by molar-refractivity contribution is -0.111. The molecule has 1 aliphatic rings. The molecule has 0 aromatic rings. The highest BCUT2D eigenvalue weighted by molar-refractivity contribution is 5.47. The Labute approximate surface area is 73.7 Å². The van der Waals surface area contributed by atoms with Crippen LogP contribution < -0.4 is 11.1 Å². The van der Waals surface area contributed by atoms with Crippen LogP contribution in [0.1, 0.15) is 32.6 Å². The van der Waals surface area contributed by atoms with E-state index < -0.39 is 0 Å². The van der Waals surface area contributed by atoms with Gasteiger partial charge in [-0.1, -0.05) is 0 Å². The summed E-state index contributed by atoms with van der Waals surface area (Å²) in [6, 6.07) is 0. The minimum Gasteiger partial charge on any atom is -0.354 e. The summed E-state index contributed by atoms with van der Waals surface area (Å²) in [5.74, 6) is 0.673. The van der Waals surface area contributed by atoms with Crippen LogP contribution in [0.15, 0.2) is 0 Å². The smallest absolute Gasteiger partial charge is 0.207 e. The van der Waals surface area contributed by atoms with E-state index in [2.05, 4.69) is 12.2 Å². The van der Waals surface area contributed by atoms with Crippen molar-refractivity contribution < 1.29 is 4.79 Å². The largest absolute Gasteiger partial charge is 0.354 e. The van der Waals surface area contributed by atoms with Gasteiger partial charge in [0, 0.05) is 5.54 Å². The standard InChI is InChI=1S/C9H18N2O/c1-9(11-7-12)4-2-8(6-10)3-5-9/h7-8H,2-6,10H2,1H3,(H,11,12). The minimum absolute atomic E-state index is 0.0351. The van der Waals surface area contributed by atoms with Gasteiger partial charge in [-0.15, -0.1) is 0 Å². The molecular formula is C9H18N2O. The van der Waals surface area contributed by atoms with E-state index in [0.717, 1.165) is 38.6 Å². The fraction of sp³-hybridized carbons (Fsp3) is 0.889. The maximum atomic E-state index is 10.3. The Morgan fingerprint density at radius 1 is 1.58 bits per heavy atom. The number of nitrogens with one attached hydrogen (secondary N) is 1. The van der Waals surface area contributed by atoms with Crippen LogP contribution in [0.2, 0.25) is 0 Å². The summed E-state index contributed by atoms with van der Waals surface area (Å²) in [7, 11) is 0. The van der Waals surface area contributed by atoms with Crippen molar-refractivity contribution in [3.63, 3.8) is 0 Å². The van der Waals surface area contributed by atoms with E-state index >= 15 is 0 Å². The van der Waals surface area contributed by atoms with E-state index in [4.69, 9.17) is 5.73 Å². The predicted octanol–water partition coefficient (Wildman–Crippen LogP) is 0.640. The first-order valence-electron chi connectivity index (χ1n) is 4.61. The number of carbonyl (C=O) groups excluding carboxylic acids is 1. The molecular weight excluding hydrogens is 152 g/mol. The Hall–Kier alpha value is -0.570. The Morgan fingerprint density at radius 3 is 2.58 bits per heavy atom. The zero-order valence-corrected chi connectivity index (χ0v) is 7.68. The van der Waals surface area contributed by atoms with Crippen molar-refractivity contribution >= 4 is 6.41 Å². The molecule has 1 amide bonds. The lowest BCUT2D eigenvalue weighted by Crippen LogP contribution is -2.45. The zero-order valence-electron chi connectivity index (χ0n) is 7.68. The quantitative estimate of drug-likeness (QED) is 0.611. The van der Waals surface area contributed by atoms with Gasteiger partial charge in [0.15, 0.2) is 0 Å². The Bertz CT molecular complexity index is 151. The second-order valence-electron chi connectivity index (χ2n) is 4.00. The van der Waals surface area contributed by atoms with Crippen LogP contribution in [0, 0.1) is 5.92 Å². The van der Waals surface area contributed by atoms with Crippen molar-refractivity contribution in [1.82, 2.24) is 5.32 Å². The topological polar surface area (TPSA) is 55.1 Å². The third-order valence-corrected chi connectivity index (χ3v) is 2.95. The first-order chi connectivity index (χ1) is 5.70. The van der Waals surface area contributed by atoms with E-state index in [1.165, 1.54) is 0 Å². The molecule has 1 saturated carbocycles. The van der Waals surface area contributed by atoms with Crippen LogP contribution in [0.4, 0.5) is 0 Å². The third-order valence-electron chi connectivity index (χ3n) is 2.95. The highest BCUT2D eigenvalue weighted by Crippen LogP contribution is 2.30. The van der Waals surface area contributed by atoms with Gasteiger partial charge in [-0.3, -0.25) is 4.79 Å². The summed E-state index contributed by atoms with van der Waals surface area (Å²) in [5, 5.41) is 2.88. The molecule has 12 heavy (non-hydrogen) atoms. The molecule has 0 radical (unpaired) electrons. The van der Waals surface area contributed by atoms with Gasteiger partial charge in [-0.05, 0) is 45.1 Å². The van der Waals surface area contributed by atoms with Crippen LogP contribution in [-0.2, 0) is 4.79 Å². The van der Waals surface area contributed by atoms with Crippen molar-refractivity contribution in [3.8, 4) is 0 Å². The van der Waals surface area contributed by atoms with Gasteiger partial charge in [-0.25, -0.2) is 0 Å². The van der Waals surface area contributed by atoms with Gasteiger partial charge in [0.05, 0.1) is 0 Å². The van der Waals surface area contributed by atoms with E-state index in [0.29, 0.717) is 5.92 Å². The first-order valence-corrected chi connectivity index (χ1v) is 4.61. The SMILES string of the molecule is CC1(NC=O)CCC(CN)CC1. The second-order valence-corrected chi connectivity index (χ2v) is 4.00. The van der Waals surface area contributed by atoms with Crippen molar-refractivity contribution in [2.45, 2.75) is 38.1 Å². The normalized spacial score (nSPS) is 36.0. The van der Waals surface area contributed by atoms with Gasteiger partial charge in [-0.2, -0.15) is 0 Å². The van der Waals surface area contributed by atoms with Crippen molar-refractivity contribution in [2.75, 3.05) is 6.54 Å². The van der Waals surface area contributed by atoms with Crippen molar-refractivity contribution in [1.29, 1.82) is 0 Å². The van der Waals surface area contributed by atoms with Gasteiger partial charge in [0.25, 0.3) is 0 Å². The highest BCUT2D eigenvalue weighted by Gasteiger charge is 2.29. The number of nitrogens with two attached hydrogens (primary N) is 1. The highest BCUT2D eigenvalue weighted by atomic mass is 16.1. The maximum Gasteiger partial charge on any atom is 0.207 e. The van der Waals surface area contributed by atoms with E-state index in [1.54, 1.807) is 0 Å². The van der Waals surface area contributed by atoms with Crippen LogP contribution in [0.3, 0.4) is 0 Å². The molecule has 1 aliphatic carbocycles. The molecule has 0 heterocycles. The Balaban J connectivity index is 2.38. The summed E-state index contributed by atoms with van der Waals surface area (Å²) in [4.78, 5) is 10.3. The molecule has 3 heteroatoms. The number of hydrogen-bond acceptors (Lipinski definition) is 2. The Kier molecular flexibility index (Phi) is 3.09. The average molecular weight is 170 g/mol. The summed E-state index contributed by atoms with van der Waals surface area (Å²) in [5.41, 5.74) is 5.61. The number of carbonyl (C=O) groups is 1. The van der Waals surface area contributed by atoms with Gasteiger partial charge < -0.3 is 11.1 Å². The first kappa shape index (κ1) is 9.52. The number of hydrogen-bond donors (Lipinski definition) is 2. The molecule has 70 valence electrons. The predicted molar refractivity (Wildman–Crippen MR) is 48.6 cm³/mol. The lowest BCUT2D eigenvalue weighted by atomic mass is 9.78. The molecule has 3 N–H and O–H groups in total. The fourth-order valence-electron chi connectivity index (χ4n) is 1.84. The van der Waals surface area contributed by atoms with E-state index in [9.17, 15) is 4.79 Å². The van der Waals surface area contributed by atoms with Crippen molar-refractivity contribution in [2.24, 2.45) is 11.7 Å². The van der Waals surface area contributed by atoms with Crippen molar-refractivity contribution in [3.05, 3.63) is 0 Å². The molecule has 0 spiro atoms. The van der Waals surface area contributed by atoms with Crippen LogP contribution in [0.5, 0.6) is 0 Å². The molecule has 0 saturated heterocycles. The lowest BCUT2D eigenvalue weighted by Gasteiger charge is -2.36. The Morgan fingerprint density at radius 2 is 2.17 bits per heavy atom. The molecule has 0 bridgehead atoms. The summed E-state index contributed by atoms with van der Waals surface area (Å²) in [6.07, 6.45) is 5.23. The van der Waals surface area contributed by atoms with Crippen LogP contribution >= 0.6 is 0 Å². The van der Waals surface area contributed by atoms with E-state index in [-0.39, 0.29) is 5.54 Å². The molecule has 3 nitrogen and oxygen atoms in total. The molecule has 1 rings (SSSR count). The molecule has 0 unspecified atom stereocenters. The van der Waals surface area contributed by atoms with Crippen LogP contribution in [0.25, 0.3) is 0 Å². The number of amides is 1. The summed E-state index contributed by atoms with van der Waals surface area (Å²) < 4.78 is 0. The molecule has 0 aliphatic heterocycles. The minimum atomic E-state index is 0.0351. The number of rotatable bonds is 3. The molecule has 0 aromatic heterocycles. The maximum absolute atomic E-state index is 10.3. The summed E-state index contributed by atoms with van der Waals surface area (Å²) in [6.45, 7) is 2.89. The zero-order chi connectivity index (χ0) is 9.03. The second kappa shape index (κ2) is 3.90. The monoisotopic (exact) mass is 170 g/mol. The van der Waals surface area contributed by atoms with E-state index in [1.807, 2.05) is 0 Å². The molecule has 0 atom stereocenters. The average Bonchev–Trinajstić information content (AvgIpc) is 2.06.